The summed E-state index contributed by atoms with van der Waals surface area (Å²) in [5, 5.41) is 11.4. The Bertz CT molecular complexity index is 557. The van der Waals surface area contributed by atoms with Gasteiger partial charge in [-0.1, -0.05) is 13.8 Å². The summed E-state index contributed by atoms with van der Waals surface area (Å²) in [6.45, 7) is 3.36. The van der Waals surface area contributed by atoms with E-state index in [0.717, 1.165) is 12.1 Å². The standard InChI is InChI=1S/C13H13F2NO3/c1-13(2)9(10(13)12(18)19)11(17)16-6-3-4-7(14)8(15)5-6/h3-5,9-10H,1-2H3,(H,16,17)(H,18,19)/t9-,10+/m0/s1. The Balaban J connectivity index is 2.10. The van der Waals surface area contributed by atoms with Crippen molar-refractivity contribution >= 4 is 17.6 Å². The second-order valence-electron chi connectivity index (χ2n) is 5.23. The van der Waals surface area contributed by atoms with Gasteiger partial charge in [-0.3, -0.25) is 9.59 Å². The summed E-state index contributed by atoms with van der Waals surface area (Å²) in [6, 6.07) is 2.98. The molecule has 1 aliphatic carbocycles. The highest BCUT2D eigenvalue weighted by molar-refractivity contribution is 5.99. The van der Waals surface area contributed by atoms with E-state index in [1.165, 1.54) is 6.07 Å². The molecular weight excluding hydrogens is 256 g/mol. The van der Waals surface area contributed by atoms with Crippen LogP contribution in [0, 0.1) is 28.9 Å². The highest BCUT2D eigenvalue weighted by atomic mass is 19.2. The molecule has 1 fully saturated rings. The van der Waals surface area contributed by atoms with Gasteiger partial charge in [0.1, 0.15) is 0 Å². The second kappa shape index (κ2) is 4.29. The molecule has 19 heavy (non-hydrogen) atoms. The van der Waals surface area contributed by atoms with Crippen molar-refractivity contribution in [3.63, 3.8) is 0 Å². The Morgan fingerprint density at radius 1 is 1.21 bits per heavy atom. The molecule has 0 unspecified atom stereocenters. The molecule has 0 aliphatic heterocycles. The van der Waals surface area contributed by atoms with Gasteiger partial charge in [-0.15, -0.1) is 0 Å². The molecule has 6 heteroatoms. The van der Waals surface area contributed by atoms with Crippen LogP contribution in [0.1, 0.15) is 13.8 Å². The van der Waals surface area contributed by atoms with Gasteiger partial charge in [0.25, 0.3) is 0 Å². The first-order chi connectivity index (χ1) is 8.75. The first-order valence-corrected chi connectivity index (χ1v) is 5.74. The van der Waals surface area contributed by atoms with Crippen LogP contribution in [0.15, 0.2) is 18.2 Å². The smallest absolute Gasteiger partial charge is 0.307 e. The Morgan fingerprint density at radius 2 is 1.84 bits per heavy atom. The van der Waals surface area contributed by atoms with Crippen LogP contribution in [0.5, 0.6) is 0 Å². The van der Waals surface area contributed by atoms with Gasteiger partial charge >= 0.3 is 5.97 Å². The van der Waals surface area contributed by atoms with E-state index in [4.69, 9.17) is 5.11 Å². The maximum atomic E-state index is 13.0. The molecule has 102 valence electrons. The van der Waals surface area contributed by atoms with E-state index in [2.05, 4.69) is 5.32 Å². The van der Waals surface area contributed by atoms with Gasteiger partial charge in [0, 0.05) is 11.8 Å². The van der Waals surface area contributed by atoms with Crippen molar-refractivity contribution in [1.82, 2.24) is 0 Å². The number of rotatable bonds is 3. The number of anilines is 1. The summed E-state index contributed by atoms with van der Waals surface area (Å²) in [5.74, 6) is -5.02. The largest absolute Gasteiger partial charge is 0.481 e. The Kier molecular flexibility index (Phi) is 3.04. The predicted octanol–water partition coefficient (Wildman–Crippen LogP) is 2.26. The average Bonchev–Trinajstić information content (AvgIpc) is 2.87. The lowest BCUT2D eigenvalue weighted by Gasteiger charge is -2.06. The van der Waals surface area contributed by atoms with E-state index in [1.54, 1.807) is 13.8 Å². The summed E-state index contributed by atoms with van der Waals surface area (Å²) in [6.07, 6.45) is 0. The van der Waals surface area contributed by atoms with Gasteiger partial charge in [-0.25, -0.2) is 8.78 Å². The van der Waals surface area contributed by atoms with Crippen molar-refractivity contribution in [1.29, 1.82) is 0 Å². The van der Waals surface area contributed by atoms with Gasteiger partial charge in [0.2, 0.25) is 5.91 Å². The van der Waals surface area contributed by atoms with Crippen molar-refractivity contribution < 1.29 is 23.5 Å². The number of aliphatic carboxylic acids is 1. The number of halogens is 2. The third-order valence-electron chi connectivity index (χ3n) is 3.56. The molecule has 1 aromatic rings. The van der Waals surface area contributed by atoms with Gasteiger partial charge < -0.3 is 10.4 Å². The maximum absolute atomic E-state index is 13.0. The predicted molar refractivity (Wildman–Crippen MR) is 63.4 cm³/mol. The molecule has 0 heterocycles. The zero-order valence-electron chi connectivity index (χ0n) is 10.4. The summed E-state index contributed by atoms with van der Waals surface area (Å²) < 4.78 is 25.7. The van der Waals surface area contributed by atoms with E-state index < -0.39 is 40.8 Å². The van der Waals surface area contributed by atoms with Gasteiger partial charge in [0.15, 0.2) is 11.6 Å². The molecule has 2 atom stereocenters. The van der Waals surface area contributed by atoms with Crippen LogP contribution in [-0.2, 0) is 9.59 Å². The van der Waals surface area contributed by atoms with E-state index >= 15 is 0 Å². The molecule has 0 spiro atoms. The molecule has 1 aliphatic rings. The lowest BCUT2D eigenvalue weighted by atomic mass is 10.1. The zero-order chi connectivity index (χ0) is 14.4. The number of hydrogen-bond donors (Lipinski definition) is 2. The van der Waals surface area contributed by atoms with Crippen molar-refractivity contribution in [2.24, 2.45) is 17.3 Å². The van der Waals surface area contributed by atoms with E-state index in [9.17, 15) is 18.4 Å². The monoisotopic (exact) mass is 269 g/mol. The Labute approximate surface area is 108 Å². The maximum Gasteiger partial charge on any atom is 0.307 e. The van der Waals surface area contributed by atoms with Crippen molar-refractivity contribution in [2.45, 2.75) is 13.8 Å². The minimum atomic E-state index is -1.07. The van der Waals surface area contributed by atoms with Crippen LogP contribution in [0.4, 0.5) is 14.5 Å². The third-order valence-corrected chi connectivity index (χ3v) is 3.56. The van der Waals surface area contributed by atoms with Crippen LogP contribution < -0.4 is 5.32 Å². The molecular formula is C13H13F2NO3. The molecule has 1 amide bonds. The van der Waals surface area contributed by atoms with E-state index in [0.29, 0.717) is 0 Å². The van der Waals surface area contributed by atoms with Crippen molar-refractivity contribution in [3.05, 3.63) is 29.8 Å². The number of amides is 1. The second-order valence-corrected chi connectivity index (χ2v) is 5.23. The molecule has 1 aromatic carbocycles. The lowest BCUT2D eigenvalue weighted by molar-refractivity contribution is -0.140. The number of carbonyl (C=O) groups is 2. The summed E-state index contributed by atoms with van der Waals surface area (Å²) in [4.78, 5) is 22.9. The van der Waals surface area contributed by atoms with Gasteiger partial charge in [-0.2, -0.15) is 0 Å². The summed E-state index contributed by atoms with van der Waals surface area (Å²) >= 11 is 0. The number of nitrogens with one attached hydrogen (secondary N) is 1. The molecule has 0 bridgehead atoms. The first kappa shape index (κ1) is 13.5. The molecule has 2 N–H and O–H groups in total. The topological polar surface area (TPSA) is 66.4 Å². The molecule has 1 saturated carbocycles. The Morgan fingerprint density at radius 3 is 2.32 bits per heavy atom. The minimum Gasteiger partial charge on any atom is -0.481 e. The number of hydrogen-bond acceptors (Lipinski definition) is 2. The number of carbonyl (C=O) groups excluding carboxylic acids is 1. The zero-order valence-corrected chi connectivity index (χ0v) is 10.4. The number of carboxylic acids is 1. The molecule has 0 saturated heterocycles. The van der Waals surface area contributed by atoms with Crippen LogP contribution in [-0.4, -0.2) is 17.0 Å². The van der Waals surface area contributed by atoms with E-state index in [-0.39, 0.29) is 5.69 Å². The molecule has 4 nitrogen and oxygen atoms in total. The number of benzene rings is 1. The van der Waals surface area contributed by atoms with Crippen LogP contribution in [0.2, 0.25) is 0 Å². The number of carboxylic acid groups (broad SMARTS) is 1. The van der Waals surface area contributed by atoms with Crippen molar-refractivity contribution in [3.8, 4) is 0 Å². The fourth-order valence-electron chi connectivity index (χ4n) is 2.38. The highest BCUT2D eigenvalue weighted by Crippen LogP contribution is 2.58. The van der Waals surface area contributed by atoms with Gasteiger partial charge in [-0.05, 0) is 17.5 Å². The highest BCUT2D eigenvalue weighted by Gasteiger charge is 2.65. The average molecular weight is 269 g/mol. The van der Waals surface area contributed by atoms with E-state index in [1.807, 2.05) is 0 Å². The van der Waals surface area contributed by atoms with Crippen LogP contribution >= 0.6 is 0 Å². The SMILES string of the molecule is CC1(C)[C@H](C(=O)Nc2ccc(F)c(F)c2)[C@@H]1C(=O)O. The van der Waals surface area contributed by atoms with Crippen LogP contribution in [0.25, 0.3) is 0 Å². The quantitative estimate of drug-likeness (QED) is 0.884. The summed E-state index contributed by atoms with van der Waals surface area (Å²) in [7, 11) is 0. The van der Waals surface area contributed by atoms with Gasteiger partial charge in [0.05, 0.1) is 11.8 Å². The molecule has 0 radical (unpaired) electrons. The molecule has 2 rings (SSSR count). The lowest BCUT2D eigenvalue weighted by Crippen LogP contribution is -2.17. The molecule has 0 aromatic heterocycles. The Hall–Kier alpha value is -1.98. The normalized spacial score (nSPS) is 23.8. The van der Waals surface area contributed by atoms with Crippen LogP contribution in [0.3, 0.4) is 0 Å². The van der Waals surface area contributed by atoms with Crippen molar-refractivity contribution in [2.75, 3.05) is 5.32 Å². The fraction of sp³-hybridized carbons (Fsp3) is 0.385. The fourth-order valence-corrected chi connectivity index (χ4v) is 2.38. The third kappa shape index (κ3) is 2.30. The summed E-state index contributed by atoms with van der Waals surface area (Å²) in [5.41, 5.74) is -0.523. The first-order valence-electron chi connectivity index (χ1n) is 5.74. The minimum absolute atomic E-state index is 0.107.